The second-order valence-corrected chi connectivity index (χ2v) is 6.74. The number of hydrogen-bond donors (Lipinski definition) is 1. The van der Waals surface area contributed by atoms with Crippen molar-refractivity contribution in [1.82, 2.24) is 0 Å². The van der Waals surface area contributed by atoms with Crippen LogP contribution in [0.4, 0.5) is 14.5 Å². The molecule has 2 N–H and O–H groups in total. The van der Waals surface area contributed by atoms with Gasteiger partial charge in [0.05, 0.1) is 5.41 Å². The van der Waals surface area contributed by atoms with E-state index in [9.17, 15) is 18.4 Å². The molecule has 0 aromatic heterocycles. The molecular formula is C17H19F2N2O2. The molecule has 1 saturated carbocycles. The van der Waals surface area contributed by atoms with Crippen LogP contribution in [0.1, 0.15) is 32.6 Å². The number of carbonyl (C=O) groups excluding carboxylic acids is 2. The summed E-state index contributed by atoms with van der Waals surface area (Å²) >= 11 is 0. The number of primary amides is 1. The van der Waals surface area contributed by atoms with Crippen molar-refractivity contribution >= 4 is 17.5 Å². The first-order valence-corrected chi connectivity index (χ1v) is 7.66. The lowest BCUT2D eigenvalue weighted by Gasteiger charge is -2.37. The minimum Gasteiger partial charge on any atom is -0.368 e. The van der Waals surface area contributed by atoms with Crippen molar-refractivity contribution in [2.45, 2.75) is 44.3 Å². The normalized spacial score (nSPS) is 34.1. The van der Waals surface area contributed by atoms with Crippen molar-refractivity contribution in [3.05, 3.63) is 36.5 Å². The maximum absolute atomic E-state index is 14.0. The highest BCUT2D eigenvalue weighted by molar-refractivity contribution is 6.06. The van der Waals surface area contributed by atoms with Gasteiger partial charge < -0.3 is 5.73 Å². The van der Waals surface area contributed by atoms with E-state index in [0.717, 1.165) is 0 Å². The average molecular weight is 321 g/mol. The van der Waals surface area contributed by atoms with E-state index in [1.165, 1.54) is 42.5 Å². The maximum atomic E-state index is 14.0. The van der Waals surface area contributed by atoms with Gasteiger partial charge in [-0.3, -0.25) is 14.5 Å². The molecule has 2 amide bonds. The van der Waals surface area contributed by atoms with Crippen molar-refractivity contribution in [2.75, 3.05) is 4.90 Å². The monoisotopic (exact) mass is 321 g/mol. The van der Waals surface area contributed by atoms with E-state index in [0.29, 0.717) is 12.1 Å². The first kappa shape index (κ1) is 15.9. The highest BCUT2D eigenvalue weighted by Crippen LogP contribution is 2.51. The standard InChI is InChI=1S/C17H19F2N2O2/c1-16(19)6-8-17(9-7-16)10-13(14(20)22)21(15(17)23)12-4-2-11(18)3-5-12/h2-6,13H,7-10H2,1H3,(H2,20,22). The number of carbonyl (C=O) groups is 2. The zero-order chi connectivity index (χ0) is 16.8. The van der Waals surface area contributed by atoms with Crippen molar-refractivity contribution in [2.24, 2.45) is 11.1 Å². The quantitative estimate of drug-likeness (QED) is 0.910. The lowest BCUT2D eigenvalue weighted by Crippen LogP contribution is -2.44. The molecule has 1 heterocycles. The average Bonchev–Trinajstić information content (AvgIpc) is 2.78. The fourth-order valence-corrected chi connectivity index (χ4v) is 3.55. The number of halogens is 2. The first-order chi connectivity index (χ1) is 10.7. The molecular weight excluding hydrogens is 302 g/mol. The maximum Gasteiger partial charge on any atom is 0.240 e. The van der Waals surface area contributed by atoms with Gasteiger partial charge in [0.25, 0.3) is 0 Å². The molecule has 1 aliphatic heterocycles. The molecule has 123 valence electrons. The number of alkyl halides is 1. The number of rotatable bonds is 2. The second kappa shape index (κ2) is 5.28. The Labute approximate surface area is 133 Å². The Kier molecular flexibility index (Phi) is 3.65. The summed E-state index contributed by atoms with van der Waals surface area (Å²) in [5, 5.41) is 0. The zero-order valence-electron chi connectivity index (χ0n) is 12.9. The Morgan fingerprint density at radius 2 is 1.96 bits per heavy atom. The molecule has 3 atom stereocenters. The Balaban J connectivity index is 1.94. The molecule has 1 saturated heterocycles. The van der Waals surface area contributed by atoms with Crippen LogP contribution in [0.15, 0.2) is 24.3 Å². The molecule has 1 aliphatic carbocycles. The molecule has 0 bridgehead atoms. The van der Waals surface area contributed by atoms with Gasteiger partial charge in [-0.05, 0) is 63.3 Å². The summed E-state index contributed by atoms with van der Waals surface area (Å²) in [7, 11) is 0. The SMILES string of the molecule is CC1(F)[CH]CC2(CC1)CC(C(N)=O)N(c1ccc(F)cc1)C2=O. The number of nitrogens with zero attached hydrogens (tertiary/aromatic N) is 1. The van der Waals surface area contributed by atoms with Gasteiger partial charge in [0.1, 0.15) is 17.5 Å². The Bertz CT molecular complexity index is 632. The van der Waals surface area contributed by atoms with Crippen molar-refractivity contribution in [1.29, 1.82) is 0 Å². The van der Waals surface area contributed by atoms with Crippen LogP contribution in [0.5, 0.6) is 0 Å². The molecule has 3 rings (SSSR count). The molecule has 23 heavy (non-hydrogen) atoms. The van der Waals surface area contributed by atoms with E-state index < -0.39 is 28.8 Å². The Hall–Kier alpha value is -1.98. The molecule has 6 heteroatoms. The lowest BCUT2D eigenvalue weighted by atomic mass is 9.68. The Morgan fingerprint density at radius 3 is 2.48 bits per heavy atom. The van der Waals surface area contributed by atoms with E-state index in [1.54, 1.807) is 0 Å². The van der Waals surface area contributed by atoms with E-state index in [1.807, 2.05) is 0 Å². The van der Waals surface area contributed by atoms with Gasteiger partial charge in [0, 0.05) is 5.69 Å². The largest absolute Gasteiger partial charge is 0.368 e. The highest BCUT2D eigenvalue weighted by Gasteiger charge is 2.56. The molecule has 4 nitrogen and oxygen atoms in total. The van der Waals surface area contributed by atoms with Gasteiger partial charge in [0.15, 0.2) is 0 Å². The molecule has 2 fully saturated rings. The summed E-state index contributed by atoms with van der Waals surface area (Å²) < 4.78 is 27.2. The van der Waals surface area contributed by atoms with Crippen molar-refractivity contribution in [3.63, 3.8) is 0 Å². The topological polar surface area (TPSA) is 63.4 Å². The summed E-state index contributed by atoms with van der Waals surface area (Å²) in [5.41, 5.74) is 3.72. The predicted octanol–water partition coefficient (Wildman–Crippen LogP) is 2.52. The summed E-state index contributed by atoms with van der Waals surface area (Å²) in [4.78, 5) is 26.1. The van der Waals surface area contributed by atoms with Crippen LogP contribution in [0.2, 0.25) is 0 Å². The third-order valence-electron chi connectivity index (χ3n) is 5.01. The third kappa shape index (κ3) is 2.71. The van der Waals surface area contributed by atoms with Crippen LogP contribution in [0.3, 0.4) is 0 Å². The number of anilines is 1. The van der Waals surface area contributed by atoms with Crippen LogP contribution in [-0.4, -0.2) is 23.5 Å². The van der Waals surface area contributed by atoms with Gasteiger partial charge in [0.2, 0.25) is 11.8 Å². The molecule has 1 aromatic carbocycles. The van der Waals surface area contributed by atoms with Gasteiger partial charge in [-0.1, -0.05) is 0 Å². The molecule has 3 unspecified atom stereocenters. The van der Waals surface area contributed by atoms with E-state index in [2.05, 4.69) is 0 Å². The predicted molar refractivity (Wildman–Crippen MR) is 81.6 cm³/mol. The van der Waals surface area contributed by atoms with E-state index >= 15 is 0 Å². The minimum atomic E-state index is -1.39. The summed E-state index contributed by atoms with van der Waals surface area (Å²) in [6, 6.07) is 4.58. The number of amides is 2. The number of benzene rings is 1. The van der Waals surface area contributed by atoms with Crippen LogP contribution in [0, 0.1) is 17.7 Å². The van der Waals surface area contributed by atoms with E-state index in [-0.39, 0.29) is 25.2 Å². The third-order valence-corrected chi connectivity index (χ3v) is 5.01. The number of nitrogens with two attached hydrogens (primary N) is 1. The highest BCUT2D eigenvalue weighted by atomic mass is 19.1. The summed E-state index contributed by atoms with van der Waals surface area (Å²) in [6.45, 7) is 1.49. The van der Waals surface area contributed by atoms with Crippen LogP contribution >= 0.6 is 0 Å². The molecule has 1 aromatic rings. The van der Waals surface area contributed by atoms with Crippen molar-refractivity contribution < 1.29 is 18.4 Å². The zero-order valence-corrected chi connectivity index (χ0v) is 12.9. The summed E-state index contributed by atoms with van der Waals surface area (Å²) in [5.74, 6) is -1.27. The van der Waals surface area contributed by atoms with E-state index in [4.69, 9.17) is 5.73 Å². The fourth-order valence-electron chi connectivity index (χ4n) is 3.55. The Morgan fingerprint density at radius 1 is 1.30 bits per heavy atom. The molecule has 1 spiro atoms. The smallest absolute Gasteiger partial charge is 0.240 e. The molecule has 1 radical (unpaired) electrons. The summed E-state index contributed by atoms with van der Waals surface area (Å²) in [6.07, 6.45) is 2.67. The minimum absolute atomic E-state index is 0.236. The number of hydrogen-bond acceptors (Lipinski definition) is 2. The first-order valence-electron chi connectivity index (χ1n) is 7.66. The van der Waals surface area contributed by atoms with Crippen LogP contribution < -0.4 is 10.6 Å². The molecule has 2 aliphatic rings. The van der Waals surface area contributed by atoms with Gasteiger partial charge in [-0.25, -0.2) is 8.78 Å². The lowest BCUT2D eigenvalue weighted by molar-refractivity contribution is -0.127. The fraction of sp³-hybridized carbons (Fsp3) is 0.471. The van der Waals surface area contributed by atoms with Crippen LogP contribution in [-0.2, 0) is 9.59 Å². The van der Waals surface area contributed by atoms with Gasteiger partial charge in [-0.15, -0.1) is 0 Å². The van der Waals surface area contributed by atoms with Gasteiger partial charge >= 0.3 is 0 Å². The van der Waals surface area contributed by atoms with Crippen LogP contribution in [0.25, 0.3) is 0 Å². The second-order valence-electron chi connectivity index (χ2n) is 6.74. The van der Waals surface area contributed by atoms with Crippen molar-refractivity contribution in [3.8, 4) is 0 Å². The van der Waals surface area contributed by atoms with Gasteiger partial charge in [-0.2, -0.15) is 0 Å².